The molecule has 200 valence electrons. The lowest BCUT2D eigenvalue weighted by atomic mass is 10.0. The Hall–Kier alpha value is -1.86. The zero-order chi connectivity index (χ0) is 25.9. The molecule has 0 aliphatic carbocycles. The van der Waals surface area contributed by atoms with Gasteiger partial charge in [0.2, 0.25) is 0 Å². The summed E-state index contributed by atoms with van der Waals surface area (Å²) in [5.74, 6) is -0.0477. The van der Waals surface area contributed by atoms with E-state index >= 15 is 0 Å². The van der Waals surface area contributed by atoms with Crippen LogP contribution in [0.5, 0.6) is 17.2 Å². The molecule has 1 aromatic carbocycles. The number of aromatic hydroxyl groups is 2. The number of ether oxygens (including phenoxy) is 2. The minimum Gasteiger partial charge on any atom is -0.507 e. The molecule has 6 nitrogen and oxygen atoms in total. The highest BCUT2D eigenvalue weighted by Gasteiger charge is 2.21. The van der Waals surface area contributed by atoms with Gasteiger partial charge in [0.05, 0.1) is 19.1 Å². The Balaban J connectivity index is 2.29. The van der Waals surface area contributed by atoms with Crippen molar-refractivity contribution < 1.29 is 24.5 Å². The molecule has 4 N–H and O–H groups in total. The Bertz CT molecular complexity index is 753. The lowest BCUT2D eigenvalue weighted by molar-refractivity contribution is -0.141. The number of methoxy groups -OCH3 is 2. The van der Waals surface area contributed by atoms with Crippen molar-refractivity contribution in [2.45, 2.75) is 108 Å². The van der Waals surface area contributed by atoms with Crippen LogP contribution in [0.25, 0.3) is 0 Å². The first kappa shape index (κ1) is 31.2. The van der Waals surface area contributed by atoms with Crippen LogP contribution < -0.4 is 10.5 Å². The predicted octanol–water partition coefficient (Wildman–Crippen LogP) is 6.89. The van der Waals surface area contributed by atoms with Crippen molar-refractivity contribution in [2.24, 2.45) is 5.73 Å². The van der Waals surface area contributed by atoms with Gasteiger partial charge >= 0.3 is 5.97 Å². The molecule has 0 fully saturated rings. The number of benzene rings is 1. The van der Waals surface area contributed by atoms with Crippen LogP contribution >= 0.6 is 11.8 Å². The minimum atomic E-state index is -0.826. The number of thioether (sulfide) groups is 1. The van der Waals surface area contributed by atoms with Gasteiger partial charge in [-0.3, -0.25) is 4.79 Å². The quantitative estimate of drug-likeness (QED) is 0.0578. The number of aryl methyl sites for hydroxylation is 1. The van der Waals surface area contributed by atoms with Crippen molar-refractivity contribution >= 4 is 17.7 Å². The SMILES string of the molecule is CCCCCCC=CCCCCCCCCCc1cc(O)c(SC[C@H](N)C(=O)OC)c(OC)c1O. The number of phenols is 2. The lowest BCUT2D eigenvalue weighted by Crippen LogP contribution is -2.33. The molecule has 35 heavy (non-hydrogen) atoms. The van der Waals surface area contributed by atoms with E-state index in [-0.39, 0.29) is 23.0 Å². The van der Waals surface area contributed by atoms with E-state index in [9.17, 15) is 15.0 Å². The molecule has 1 aromatic rings. The molecule has 0 bridgehead atoms. The second-order valence-electron chi connectivity index (χ2n) is 9.04. The van der Waals surface area contributed by atoms with Gasteiger partial charge in [-0.05, 0) is 44.6 Å². The molecule has 0 aromatic heterocycles. The molecule has 1 atom stereocenters. The minimum absolute atomic E-state index is 0.0201. The van der Waals surface area contributed by atoms with Gasteiger partial charge in [-0.15, -0.1) is 11.8 Å². The summed E-state index contributed by atoms with van der Waals surface area (Å²) in [6.07, 6.45) is 21.4. The van der Waals surface area contributed by atoms with Crippen molar-refractivity contribution in [3.63, 3.8) is 0 Å². The van der Waals surface area contributed by atoms with Crippen molar-refractivity contribution in [2.75, 3.05) is 20.0 Å². The Morgan fingerprint density at radius 2 is 1.54 bits per heavy atom. The summed E-state index contributed by atoms with van der Waals surface area (Å²) < 4.78 is 9.98. The van der Waals surface area contributed by atoms with Gasteiger partial charge in [0.1, 0.15) is 11.8 Å². The van der Waals surface area contributed by atoms with Crippen LogP contribution in [0, 0.1) is 0 Å². The van der Waals surface area contributed by atoms with Gasteiger partial charge in [0, 0.05) is 11.3 Å². The van der Waals surface area contributed by atoms with Crippen LogP contribution in [0.1, 0.15) is 96.0 Å². The largest absolute Gasteiger partial charge is 0.507 e. The summed E-state index contributed by atoms with van der Waals surface area (Å²) in [5, 5.41) is 21.1. The highest BCUT2D eigenvalue weighted by Crippen LogP contribution is 2.45. The van der Waals surface area contributed by atoms with Gasteiger partial charge in [-0.2, -0.15) is 0 Å². The molecule has 0 amide bonds. The number of carbonyl (C=O) groups is 1. The van der Waals surface area contributed by atoms with Crippen LogP contribution in [0.4, 0.5) is 0 Å². The zero-order valence-corrected chi connectivity index (χ0v) is 22.8. The van der Waals surface area contributed by atoms with E-state index in [0.717, 1.165) is 24.6 Å². The van der Waals surface area contributed by atoms with Gasteiger partial charge in [-0.25, -0.2) is 0 Å². The number of hydrogen-bond acceptors (Lipinski definition) is 7. The summed E-state index contributed by atoms with van der Waals surface area (Å²) in [6, 6.07) is 0.758. The Labute approximate surface area is 216 Å². The Morgan fingerprint density at radius 1 is 0.971 bits per heavy atom. The maximum Gasteiger partial charge on any atom is 0.323 e. The Morgan fingerprint density at radius 3 is 2.11 bits per heavy atom. The molecule has 0 heterocycles. The first-order valence-corrected chi connectivity index (χ1v) is 14.2. The number of carbonyl (C=O) groups excluding carboxylic acids is 1. The molecule has 0 saturated heterocycles. The Kier molecular flexibility index (Phi) is 17.2. The summed E-state index contributed by atoms with van der Waals surface area (Å²) in [4.78, 5) is 11.9. The van der Waals surface area contributed by atoms with Crippen molar-refractivity contribution in [1.82, 2.24) is 0 Å². The molecule has 0 unspecified atom stereocenters. The second kappa shape index (κ2) is 19.3. The molecular weight excluding hydrogens is 462 g/mol. The van der Waals surface area contributed by atoms with Crippen LogP contribution in [-0.2, 0) is 16.0 Å². The topological polar surface area (TPSA) is 102 Å². The fourth-order valence-corrected chi connectivity index (χ4v) is 4.97. The number of hydrogen-bond donors (Lipinski definition) is 3. The van der Waals surface area contributed by atoms with Gasteiger partial charge in [0.15, 0.2) is 11.5 Å². The monoisotopic (exact) mass is 509 g/mol. The fraction of sp³-hybridized carbons (Fsp3) is 0.679. The van der Waals surface area contributed by atoms with E-state index in [1.807, 2.05) is 0 Å². The summed E-state index contributed by atoms with van der Waals surface area (Å²) in [6.45, 7) is 2.25. The van der Waals surface area contributed by atoms with Crippen molar-refractivity contribution in [3.8, 4) is 17.2 Å². The third-order valence-electron chi connectivity index (χ3n) is 6.09. The number of esters is 1. The van der Waals surface area contributed by atoms with Gasteiger partial charge in [-0.1, -0.05) is 70.4 Å². The molecule has 0 saturated carbocycles. The second-order valence-corrected chi connectivity index (χ2v) is 10.1. The highest BCUT2D eigenvalue weighted by atomic mass is 32.2. The highest BCUT2D eigenvalue weighted by molar-refractivity contribution is 7.99. The van der Waals surface area contributed by atoms with E-state index in [0.29, 0.717) is 16.9 Å². The van der Waals surface area contributed by atoms with E-state index in [2.05, 4.69) is 23.8 Å². The molecule has 0 aliphatic heterocycles. The van der Waals surface area contributed by atoms with Gasteiger partial charge < -0.3 is 25.4 Å². The molecule has 0 aliphatic rings. The summed E-state index contributed by atoms with van der Waals surface area (Å²) in [5.41, 5.74) is 6.44. The average Bonchev–Trinajstić information content (AvgIpc) is 2.86. The first-order valence-electron chi connectivity index (χ1n) is 13.2. The number of allylic oxidation sites excluding steroid dienone is 2. The van der Waals surface area contributed by atoms with Crippen LogP contribution in [-0.4, -0.2) is 42.2 Å². The number of rotatable bonds is 20. The predicted molar refractivity (Wildman–Crippen MR) is 146 cm³/mol. The first-order chi connectivity index (χ1) is 17.0. The smallest absolute Gasteiger partial charge is 0.323 e. The van der Waals surface area contributed by atoms with Crippen molar-refractivity contribution in [3.05, 3.63) is 23.8 Å². The summed E-state index contributed by atoms with van der Waals surface area (Å²) in [7, 11) is 2.73. The van der Waals surface area contributed by atoms with Crippen LogP contribution in [0.15, 0.2) is 23.1 Å². The van der Waals surface area contributed by atoms with Crippen LogP contribution in [0.2, 0.25) is 0 Å². The zero-order valence-electron chi connectivity index (χ0n) is 22.0. The molecule has 0 spiro atoms. The number of phenolic OH excluding ortho intramolecular Hbond substituents is 2. The molecule has 1 rings (SSSR count). The summed E-state index contributed by atoms with van der Waals surface area (Å²) >= 11 is 1.16. The third-order valence-corrected chi connectivity index (χ3v) is 7.30. The maximum atomic E-state index is 11.5. The molecular formula is C28H47NO5S. The number of nitrogens with two attached hydrogens (primary N) is 1. The number of unbranched alkanes of at least 4 members (excludes halogenated alkanes) is 11. The third kappa shape index (κ3) is 12.6. The standard InChI is InChI=1S/C28H47NO5S/c1-4-5-6-7-8-9-10-11-12-13-14-15-16-17-18-19-22-20-24(30)27(26(33-2)25(22)31)35-21-23(29)28(32)34-3/h9-10,20,23,30-31H,4-8,11-19,21,29H2,1-3H3/t23-/m0/s1. The fourth-order valence-electron chi connectivity index (χ4n) is 3.97. The maximum absolute atomic E-state index is 11.5. The average molecular weight is 510 g/mol. The molecule has 7 heteroatoms. The normalized spacial score (nSPS) is 12.2. The van der Waals surface area contributed by atoms with E-state index < -0.39 is 12.0 Å². The van der Waals surface area contributed by atoms with E-state index in [1.54, 1.807) is 6.07 Å². The van der Waals surface area contributed by atoms with E-state index in [1.165, 1.54) is 84.8 Å². The van der Waals surface area contributed by atoms with Crippen molar-refractivity contribution in [1.29, 1.82) is 0 Å². The van der Waals surface area contributed by atoms with E-state index in [4.69, 9.17) is 10.5 Å². The molecule has 0 radical (unpaired) electrons. The van der Waals surface area contributed by atoms with Crippen LogP contribution in [0.3, 0.4) is 0 Å². The lowest BCUT2D eigenvalue weighted by Gasteiger charge is -2.16. The van der Waals surface area contributed by atoms with Gasteiger partial charge in [0.25, 0.3) is 0 Å².